The average Bonchev–Trinajstić information content (AvgIpc) is 3.68. The summed E-state index contributed by atoms with van der Waals surface area (Å²) in [4.78, 5) is 21.8. The number of carbonyl (C=O) groups excluding carboxylic acids is 1. The molecule has 1 atom stereocenters. The van der Waals surface area contributed by atoms with Gasteiger partial charge in [0.15, 0.2) is 11.5 Å². The Hall–Kier alpha value is -3.91. The molecule has 44 heavy (non-hydrogen) atoms. The number of anilines is 3. The van der Waals surface area contributed by atoms with Crippen molar-refractivity contribution in [3.8, 4) is 11.3 Å². The molecule has 1 saturated carbocycles. The van der Waals surface area contributed by atoms with Crippen LogP contribution in [-0.4, -0.2) is 58.4 Å². The number of sulfonamides is 1. The van der Waals surface area contributed by atoms with Crippen LogP contribution in [-0.2, 0) is 33.0 Å². The average molecular weight is 628 g/mol. The molecule has 0 bridgehead atoms. The Morgan fingerprint density at radius 3 is 2.52 bits per heavy atom. The Kier molecular flexibility index (Phi) is 7.91. The number of halogens is 2. The molecule has 6 rings (SSSR count). The van der Waals surface area contributed by atoms with Crippen LogP contribution in [0.1, 0.15) is 62.0 Å². The summed E-state index contributed by atoms with van der Waals surface area (Å²) in [5.74, 6) is -0.434. The van der Waals surface area contributed by atoms with Gasteiger partial charge in [0.1, 0.15) is 17.5 Å². The van der Waals surface area contributed by atoms with Gasteiger partial charge in [-0.05, 0) is 63.3 Å². The van der Waals surface area contributed by atoms with Gasteiger partial charge in [0.25, 0.3) is 6.43 Å². The van der Waals surface area contributed by atoms with Crippen molar-refractivity contribution in [2.75, 3.05) is 29.5 Å². The summed E-state index contributed by atoms with van der Waals surface area (Å²) in [6.45, 7) is 2.35. The number of hydrogen-bond donors (Lipinski definition) is 1. The summed E-state index contributed by atoms with van der Waals surface area (Å²) in [5.41, 5.74) is 4.10. The van der Waals surface area contributed by atoms with Crippen molar-refractivity contribution < 1.29 is 26.7 Å². The number of imidazole rings is 1. The lowest BCUT2D eigenvalue weighted by Gasteiger charge is -2.25. The standard InChI is InChI=1S/C30H35F2N7O4S/c1-17-13-22(36-37(17)2)19-10-11-21(24(14-19)38(3)44(4,41)42)34-23-15-20(16-25(40)18-8-9-18)33-29-27(23)35-30(28(31)32)39(29)26-7-5-6-12-43-26/h10-11,13-15,18,26,28H,5-9,12,16H2,1-4H3,(H,33,34). The molecule has 0 amide bonds. The van der Waals surface area contributed by atoms with Crippen molar-refractivity contribution >= 4 is 44.0 Å². The summed E-state index contributed by atoms with van der Waals surface area (Å²) < 4.78 is 64.4. The third kappa shape index (κ3) is 5.92. The Morgan fingerprint density at radius 2 is 1.91 bits per heavy atom. The second-order valence-corrected chi connectivity index (χ2v) is 13.6. The molecular formula is C30H35F2N7O4S. The van der Waals surface area contributed by atoms with Gasteiger partial charge < -0.3 is 10.1 Å². The van der Waals surface area contributed by atoms with Gasteiger partial charge in [-0.15, -0.1) is 0 Å². The molecule has 1 aromatic carbocycles. The molecule has 4 heterocycles. The Balaban J connectivity index is 1.51. The van der Waals surface area contributed by atoms with E-state index in [1.54, 1.807) is 28.9 Å². The first-order valence-electron chi connectivity index (χ1n) is 14.6. The van der Waals surface area contributed by atoms with E-state index in [-0.39, 0.29) is 29.3 Å². The maximum absolute atomic E-state index is 14.4. The van der Waals surface area contributed by atoms with E-state index < -0.39 is 28.5 Å². The van der Waals surface area contributed by atoms with Crippen LogP contribution in [0.2, 0.25) is 0 Å². The zero-order valence-electron chi connectivity index (χ0n) is 25.0. The number of fused-ring (bicyclic) bond motifs is 1. The van der Waals surface area contributed by atoms with Gasteiger partial charge >= 0.3 is 0 Å². The molecule has 1 N–H and O–H groups in total. The number of ether oxygens (including phenoxy) is 1. The van der Waals surface area contributed by atoms with Crippen LogP contribution in [0.5, 0.6) is 0 Å². The molecule has 2 aliphatic rings. The van der Waals surface area contributed by atoms with Crippen LogP contribution in [0.25, 0.3) is 22.4 Å². The van der Waals surface area contributed by atoms with Crippen LogP contribution in [0.3, 0.4) is 0 Å². The molecule has 1 aliphatic carbocycles. The molecule has 0 radical (unpaired) electrons. The van der Waals surface area contributed by atoms with Crippen molar-refractivity contribution in [3.63, 3.8) is 0 Å². The summed E-state index contributed by atoms with van der Waals surface area (Å²) in [6, 6.07) is 8.76. The summed E-state index contributed by atoms with van der Waals surface area (Å²) in [6.07, 6.45) is 1.41. The van der Waals surface area contributed by atoms with E-state index in [1.165, 1.54) is 11.6 Å². The van der Waals surface area contributed by atoms with E-state index in [9.17, 15) is 22.0 Å². The van der Waals surface area contributed by atoms with E-state index in [1.807, 2.05) is 20.0 Å². The number of aromatic nitrogens is 5. The van der Waals surface area contributed by atoms with Crippen molar-refractivity contribution in [2.45, 2.75) is 58.1 Å². The minimum Gasteiger partial charge on any atom is -0.358 e. The smallest absolute Gasteiger partial charge is 0.295 e. The molecule has 2 fully saturated rings. The number of benzene rings is 1. The number of pyridine rings is 1. The van der Waals surface area contributed by atoms with E-state index >= 15 is 0 Å². The lowest BCUT2D eigenvalue weighted by atomic mass is 10.1. The minimum absolute atomic E-state index is 0.00934. The predicted octanol–water partition coefficient (Wildman–Crippen LogP) is 5.44. The highest BCUT2D eigenvalue weighted by atomic mass is 32.2. The lowest BCUT2D eigenvalue weighted by molar-refractivity contribution is -0.119. The first-order chi connectivity index (χ1) is 20.9. The molecule has 234 valence electrons. The van der Waals surface area contributed by atoms with Crippen LogP contribution in [0.4, 0.5) is 25.8 Å². The van der Waals surface area contributed by atoms with Gasteiger partial charge in [-0.1, -0.05) is 6.07 Å². The first-order valence-corrected chi connectivity index (χ1v) is 16.5. The van der Waals surface area contributed by atoms with E-state index in [0.29, 0.717) is 47.0 Å². The Labute approximate surface area is 254 Å². The van der Waals surface area contributed by atoms with Crippen LogP contribution >= 0.6 is 0 Å². The Morgan fingerprint density at radius 1 is 1.14 bits per heavy atom. The molecule has 11 nitrogen and oxygen atoms in total. The van der Waals surface area contributed by atoms with Gasteiger partial charge in [-0.25, -0.2) is 27.2 Å². The zero-order valence-corrected chi connectivity index (χ0v) is 25.9. The van der Waals surface area contributed by atoms with Gasteiger partial charge in [0, 0.05) is 44.3 Å². The highest BCUT2D eigenvalue weighted by molar-refractivity contribution is 7.92. The highest BCUT2D eigenvalue weighted by Crippen LogP contribution is 2.39. The SMILES string of the molecule is Cc1cc(-c2ccc(Nc3cc(CC(=O)C4CC4)nc4c3nc(C(F)F)n4C3CCCCO3)c(N(C)S(C)(=O)=O)c2)nn1C. The van der Waals surface area contributed by atoms with E-state index in [2.05, 4.69) is 20.4 Å². The van der Waals surface area contributed by atoms with Crippen LogP contribution < -0.4 is 9.62 Å². The molecule has 14 heteroatoms. The topological polar surface area (TPSA) is 124 Å². The van der Waals surface area contributed by atoms with Gasteiger partial charge in [0.05, 0.1) is 34.7 Å². The number of carbonyl (C=O) groups is 1. The normalized spacial score (nSPS) is 17.4. The molecular weight excluding hydrogens is 592 g/mol. The van der Waals surface area contributed by atoms with Crippen molar-refractivity contribution in [2.24, 2.45) is 13.0 Å². The number of nitrogens with one attached hydrogen (secondary N) is 1. The molecule has 0 spiro atoms. The predicted molar refractivity (Wildman–Crippen MR) is 163 cm³/mol. The van der Waals surface area contributed by atoms with Gasteiger partial charge in [0.2, 0.25) is 10.0 Å². The fraction of sp³-hybridized carbons (Fsp3) is 0.467. The zero-order chi connectivity index (χ0) is 31.3. The Bertz CT molecular complexity index is 1820. The second kappa shape index (κ2) is 11.5. The third-order valence-corrected chi connectivity index (χ3v) is 9.46. The maximum atomic E-state index is 14.4. The number of nitrogens with zero attached hydrogens (tertiary/aromatic N) is 6. The monoisotopic (exact) mass is 627 g/mol. The van der Waals surface area contributed by atoms with Crippen molar-refractivity contribution in [1.82, 2.24) is 24.3 Å². The molecule has 3 aromatic heterocycles. The number of Topliss-reactive ketones (excluding diaryl/α,β-unsaturated/α-hetero) is 1. The summed E-state index contributed by atoms with van der Waals surface area (Å²) in [7, 11) is -0.432. The first kappa shape index (κ1) is 30.1. The second-order valence-electron chi connectivity index (χ2n) is 11.6. The van der Waals surface area contributed by atoms with E-state index in [4.69, 9.17) is 4.74 Å². The molecule has 4 aromatic rings. The fourth-order valence-corrected chi connectivity index (χ4v) is 6.00. The summed E-state index contributed by atoms with van der Waals surface area (Å²) >= 11 is 0. The third-order valence-electron chi connectivity index (χ3n) is 8.27. The molecule has 1 unspecified atom stereocenters. The maximum Gasteiger partial charge on any atom is 0.295 e. The van der Waals surface area contributed by atoms with Gasteiger partial charge in [-0.3, -0.25) is 18.3 Å². The lowest BCUT2D eigenvalue weighted by Crippen LogP contribution is -2.25. The van der Waals surface area contributed by atoms with Crippen LogP contribution in [0, 0.1) is 12.8 Å². The quantitative estimate of drug-likeness (QED) is 0.247. The number of ketones is 1. The van der Waals surface area contributed by atoms with Crippen molar-refractivity contribution in [3.05, 3.63) is 47.5 Å². The van der Waals surface area contributed by atoms with E-state index in [0.717, 1.165) is 41.9 Å². The number of aryl methyl sites for hydroxylation is 2. The molecule has 1 saturated heterocycles. The highest BCUT2D eigenvalue weighted by Gasteiger charge is 2.32. The van der Waals surface area contributed by atoms with Gasteiger partial charge in [-0.2, -0.15) is 5.10 Å². The fourth-order valence-electron chi connectivity index (χ4n) is 5.49. The number of hydrogen-bond acceptors (Lipinski definition) is 8. The minimum atomic E-state index is -3.69. The summed E-state index contributed by atoms with van der Waals surface area (Å²) in [5, 5.41) is 7.78. The molecule has 1 aliphatic heterocycles. The number of rotatable bonds is 10. The number of alkyl halides is 2. The largest absolute Gasteiger partial charge is 0.358 e. The van der Waals surface area contributed by atoms with Crippen LogP contribution in [0.15, 0.2) is 30.3 Å². The van der Waals surface area contributed by atoms with Crippen molar-refractivity contribution in [1.29, 1.82) is 0 Å².